The summed E-state index contributed by atoms with van der Waals surface area (Å²) in [7, 11) is 1.44. The molecule has 0 aliphatic heterocycles. The molecular formula is C11H20F3NO. The second-order valence-electron chi connectivity index (χ2n) is 5.14. The maximum atomic E-state index is 12.3. The molecular weight excluding hydrogens is 219 g/mol. The van der Waals surface area contributed by atoms with E-state index in [2.05, 4.69) is 0 Å². The quantitative estimate of drug-likeness (QED) is 0.799. The van der Waals surface area contributed by atoms with Crippen molar-refractivity contribution in [3.05, 3.63) is 0 Å². The minimum Gasteiger partial charge on any atom is -0.391 e. The Labute approximate surface area is 94.4 Å². The highest BCUT2D eigenvalue weighted by Gasteiger charge is 2.39. The second-order valence-corrected chi connectivity index (χ2v) is 5.14. The smallest absolute Gasteiger partial charge is 0.391 e. The monoisotopic (exact) mass is 239 g/mol. The number of aliphatic hydroxyl groups is 1. The molecule has 4 unspecified atom stereocenters. The van der Waals surface area contributed by atoms with E-state index in [0.29, 0.717) is 12.3 Å². The Hall–Kier alpha value is -0.290. The summed E-state index contributed by atoms with van der Waals surface area (Å²) in [4.78, 5) is 1.24. The molecule has 0 heterocycles. The number of likely N-dealkylation sites (N-methyl/N-ethyl adjacent to an activating group) is 1. The van der Waals surface area contributed by atoms with E-state index >= 15 is 0 Å². The van der Waals surface area contributed by atoms with Crippen molar-refractivity contribution in [1.29, 1.82) is 0 Å². The van der Waals surface area contributed by atoms with E-state index in [0.717, 1.165) is 6.42 Å². The van der Waals surface area contributed by atoms with Gasteiger partial charge < -0.3 is 5.11 Å². The summed E-state index contributed by atoms with van der Waals surface area (Å²) in [5.41, 5.74) is 0. The molecule has 1 rings (SSSR count). The standard InChI is InChI=1S/C11H20F3NO/c1-7-4-8(2)10(9(16)5-7)15(3)6-11(12,13)14/h7-10,16H,4-6H2,1-3H3. The molecule has 2 nitrogen and oxygen atoms in total. The molecule has 5 heteroatoms. The molecule has 0 radical (unpaired) electrons. The van der Waals surface area contributed by atoms with Crippen LogP contribution in [-0.4, -0.2) is 41.9 Å². The Kier molecular flexibility index (Phi) is 4.23. The van der Waals surface area contributed by atoms with Gasteiger partial charge in [-0.05, 0) is 31.7 Å². The van der Waals surface area contributed by atoms with Crippen LogP contribution >= 0.6 is 0 Å². The number of halogens is 3. The van der Waals surface area contributed by atoms with Gasteiger partial charge in [0.15, 0.2) is 0 Å². The number of nitrogens with zero attached hydrogens (tertiary/aromatic N) is 1. The van der Waals surface area contributed by atoms with Crippen molar-refractivity contribution in [1.82, 2.24) is 4.90 Å². The van der Waals surface area contributed by atoms with Gasteiger partial charge in [0, 0.05) is 6.04 Å². The molecule has 1 fully saturated rings. The van der Waals surface area contributed by atoms with E-state index in [9.17, 15) is 18.3 Å². The predicted octanol–water partition coefficient (Wildman–Crippen LogP) is 2.28. The van der Waals surface area contributed by atoms with E-state index < -0.39 is 18.8 Å². The molecule has 0 bridgehead atoms. The maximum absolute atomic E-state index is 12.3. The van der Waals surface area contributed by atoms with E-state index in [1.54, 1.807) is 0 Å². The van der Waals surface area contributed by atoms with Gasteiger partial charge in [0.2, 0.25) is 0 Å². The lowest BCUT2D eigenvalue weighted by Crippen LogP contribution is -2.52. The first-order valence-electron chi connectivity index (χ1n) is 5.65. The zero-order valence-electron chi connectivity index (χ0n) is 9.96. The van der Waals surface area contributed by atoms with Gasteiger partial charge in [-0.1, -0.05) is 13.8 Å². The highest BCUT2D eigenvalue weighted by Crippen LogP contribution is 2.32. The van der Waals surface area contributed by atoms with Crippen LogP contribution in [0.4, 0.5) is 13.2 Å². The van der Waals surface area contributed by atoms with Gasteiger partial charge in [-0.2, -0.15) is 13.2 Å². The van der Waals surface area contributed by atoms with Gasteiger partial charge in [0.1, 0.15) is 0 Å². The molecule has 96 valence electrons. The Bertz CT molecular complexity index is 220. The van der Waals surface area contributed by atoms with Crippen LogP contribution in [0.2, 0.25) is 0 Å². The highest BCUT2D eigenvalue weighted by molar-refractivity contribution is 4.89. The highest BCUT2D eigenvalue weighted by atomic mass is 19.4. The summed E-state index contributed by atoms with van der Waals surface area (Å²) in [6.07, 6.45) is -3.37. The summed E-state index contributed by atoms with van der Waals surface area (Å²) >= 11 is 0. The van der Waals surface area contributed by atoms with Gasteiger partial charge in [0.25, 0.3) is 0 Å². The van der Waals surface area contributed by atoms with E-state index in [4.69, 9.17) is 0 Å². The minimum absolute atomic E-state index is 0.103. The first-order chi connectivity index (χ1) is 7.20. The molecule has 0 amide bonds. The molecule has 1 saturated carbocycles. The van der Waals surface area contributed by atoms with Crippen molar-refractivity contribution in [2.75, 3.05) is 13.6 Å². The van der Waals surface area contributed by atoms with Gasteiger partial charge in [-0.25, -0.2) is 0 Å². The fourth-order valence-corrected chi connectivity index (χ4v) is 2.92. The number of hydrogen-bond donors (Lipinski definition) is 1. The lowest BCUT2D eigenvalue weighted by molar-refractivity contribution is -0.158. The predicted molar refractivity (Wildman–Crippen MR) is 56.0 cm³/mol. The number of rotatable bonds is 2. The molecule has 1 aliphatic carbocycles. The molecule has 0 aromatic carbocycles. The summed E-state index contributed by atoms with van der Waals surface area (Å²) in [5, 5.41) is 9.87. The number of alkyl halides is 3. The molecule has 0 saturated heterocycles. The average molecular weight is 239 g/mol. The molecule has 1 N–H and O–H groups in total. The van der Waals surface area contributed by atoms with Crippen LogP contribution in [-0.2, 0) is 0 Å². The average Bonchev–Trinajstić information content (AvgIpc) is 1.96. The van der Waals surface area contributed by atoms with Crippen LogP contribution < -0.4 is 0 Å². The van der Waals surface area contributed by atoms with Crippen molar-refractivity contribution >= 4 is 0 Å². The second kappa shape index (κ2) is 4.92. The molecule has 16 heavy (non-hydrogen) atoms. The normalized spacial score (nSPS) is 36.8. The van der Waals surface area contributed by atoms with Gasteiger partial charge in [-0.3, -0.25) is 4.90 Å². The van der Waals surface area contributed by atoms with E-state index in [-0.39, 0.29) is 12.0 Å². The van der Waals surface area contributed by atoms with Crippen LogP contribution in [0.3, 0.4) is 0 Å². The van der Waals surface area contributed by atoms with Crippen LogP contribution in [0.1, 0.15) is 26.7 Å². The number of aliphatic hydroxyl groups excluding tert-OH is 1. The van der Waals surface area contributed by atoms with Gasteiger partial charge >= 0.3 is 6.18 Å². The zero-order valence-corrected chi connectivity index (χ0v) is 9.96. The Balaban J connectivity index is 2.63. The van der Waals surface area contributed by atoms with Crippen molar-refractivity contribution < 1.29 is 18.3 Å². The lowest BCUT2D eigenvalue weighted by Gasteiger charge is -2.42. The molecule has 0 spiro atoms. The van der Waals surface area contributed by atoms with Crippen LogP contribution in [0, 0.1) is 11.8 Å². The third-order valence-corrected chi connectivity index (χ3v) is 3.33. The Morgan fingerprint density at radius 3 is 2.25 bits per heavy atom. The van der Waals surface area contributed by atoms with Crippen molar-refractivity contribution in [2.24, 2.45) is 11.8 Å². The van der Waals surface area contributed by atoms with Crippen LogP contribution in [0.15, 0.2) is 0 Å². The van der Waals surface area contributed by atoms with Gasteiger partial charge in [0.05, 0.1) is 12.6 Å². The number of hydrogen-bond acceptors (Lipinski definition) is 2. The summed E-state index contributed by atoms with van der Waals surface area (Å²) in [6, 6.07) is -0.377. The Morgan fingerprint density at radius 1 is 1.25 bits per heavy atom. The molecule has 4 atom stereocenters. The third-order valence-electron chi connectivity index (χ3n) is 3.33. The Morgan fingerprint density at radius 2 is 1.81 bits per heavy atom. The molecule has 0 aromatic rings. The fraction of sp³-hybridized carbons (Fsp3) is 1.00. The largest absolute Gasteiger partial charge is 0.401 e. The van der Waals surface area contributed by atoms with E-state index in [1.165, 1.54) is 11.9 Å². The minimum atomic E-state index is -4.20. The van der Waals surface area contributed by atoms with Crippen molar-refractivity contribution in [2.45, 2.75) is 45.0 Å². The SMILES string of the molecule is CC1CC(C)C(N(C)CC(F)(F)F)C(O)C1. The summed E-state index contributed by atoms with van der Waals surface area (Å²) in [6.45, 7) is 2.99. The zero-order chi connectivity index (χ0) is 12.5. The van der Waals surface area contributed by atoms with Gasteiger partial charge in [-0.15, -0.1) is 0 Å². The van der Waals surface area contributed by atoms with Crippen LogP contribution in [0.5, 0.6) is 0 Å². The molecule has 0 aromatic heterocycles. The lowest BCUT2D eigenvalue weighted by atomic mass is 9.77. The van der Waals surface area contributed by atoms with Crippen LogP contribution in [0.25, 0.3) is 0 Å². The fourth-order valence-electron chi connectivity index (χ4n) is 2.92. The van der Waals surface area contributed by atoms with Crippen molar-refractivity contribution in [3.63, 3.8) is 0 Å². The topological polar surface area (TPSA) is 23.5 Å². The third kappa shape index (κ3) is 3.63. The van der Waals surface area contributed by atoms with Crippen molar-refractivity contribution in [3.8, 4) is 0 Å². The first kappa shape index (κ1) is 13.8. The van der Waals surface area contributed by atoms with E-state index in [1.807, 2.05) is 13.8 Å². The summed E-state index contributed by atoms with van der Waals surface area (Å²) < 4.78 is 36.8. The molecule has 1 aliphatic rings. The maximum Gasteiger partial charge on any atom is 0.401 e. The summed E-state index contributed by atoms with van der Waals surface area (Å²) in [5.74, 6) is 0.492. The first-order valence-corrected chi connectivity index (χ1v) is 5.65.